The summed E-state index contributed by atoms with van der Waals surface area (Å²) in [6, 6.07) is 14.2. The molecule has 1 atom stereocenters. The first-order valence-corrected chi connectivity index (χ1v) is 10.1. The van der Waals surface area contributed by atoms with Gasteiger partial charge < -0.3 is 10.6 Å². The van der Waals surface area contributed by atoms with Crippen LogP contribution in [0, 0.1) is 0 Å². The predicted molar refractivity (Wildman–Crippen MR) is 113 cm³/mol. The molecule has 2 N–H and O–H groups in total. The molecule has 0 radical (unpaired) electrons. The topological polar surface area (TPSA) is 61.4 Å². The average molecular weight is 420 g/mol. The zero-order chi connectivity index (χ0) is 20.1. The van der Waals surface area contributed by atoms with Crippen molar-refractivity contribution in [1.29, 1.82) is 0 Å². The molecule has 148 valence electrons. The zero-order valence-corrected chi connectivity index (χ0v) is 17.1. The van der Waals surface area contributed by atoms with Crippen molar-refractivity contribution >= 4 is 40.7 Å². The molecule has 5 nitrogen and oxygen atoms in total. The molecule has 1 unspecified atom stereocenters. The lowest BCUT2D eigenvalue weighted by molar-refractivity contribution is -0.121. The van der Waals surface area contributed by atoms with Gasteiger partial charge in [-0.25, -0.2) is 0 Å². The van der Waals surface area contributed by atoms with Crippen LogP contribution in [0.25, 0.3) is 0 Å². The van der Waals surface area contributed by atoms with Crippen molar-refractivity contribution in [1.82, 2.24) is 10.2 Å². The molecule has 0 saturated carbocycles. The third kappa shape index (κ3) is 5.04. The monoisotopic (exact) mass is 419 g/mol. The fraction of sp³-hybridized carbons (Fsp3) is 0.333. The Bertz CT molecular complexity index is 837. The first-order valence-electron chi connectivity index (χ1n) is 9.30. The van der Waals surface area contributed by atoms with Gasteiger partial charge in [0.15, 0.2) is 0 Å². The normalized spacial score (nSPS) is 16.4. The van der Waals surface area contributed by atoms with Gasteiger partial charge >= 0.3 is 0 Å². The van der Waals surface area contributed by atoms with Gasteiger partial charge in [-0.05, 0) is 44.0 Å². The Morgan fingerprint density at radius 1 is 1.04 bits per heavy atom. The van der Waals surface area contributed by atoms with E-state index in [0.29, 0.717) is 21.3 Å². The maximum Gasteiger partial charge on any atom is 0.251 e. The van der Waals surface area contributed by atoms with E-state index < -0.39 is 0 Å². The standard InChI is InChI=1S/C21H23Cl2N3O2/c1-14(20(27)25-18-9-5-8-17(22)19(18)23)26-12-10-16(11-13-26)24-21(28)15-6-3-2-4-7-15/h2-9,14,16H,10-13H2,1H3,(H,24,28)(H,25,27). The van der Waals surface area contributed by atoms with Crippen LogP contribution in [-0.4, -0.2) is 41.9 Å². The SMILES string of the molecule is CC(C(=O)Nc1cccc(Cl)c1Cl)N1CCC(NC(=O)c2ccccc2)CC1. The number of rotatable bonds is 5. The van der Waals surface area contributed by atoms with Crippen LogP contribution >= 0.6 is 23.2 Å². The molecule has 3 rings (SSSR count). The molecule has 28 heavy (non-hydrogen) atoms. The smallest absolute Gasteiger partial charge is 0.251 e. The molecule has 2 aromatic rings. The van der Waals surface area contributed by atoms with Crippen molar-refractivity contribution in [2.75, 3.05) is 18.4 Å². The number of carbonyl (C=O) groups excluding carboxylic acids is 2. The van der Waals surface area contributed by atoms with Gasteiger partial charge in [-0.1, -0.05) is 47.5 Å². The van der Waals surface area contributed by atoms with Gasteiger partial charge in [0, 0.05) is 24.7 Å². The second-order valence-corrected chi connectivity index (χ2v) is 7.70. The fourth-order valence-electron chi connectivity index (χ4n) is 3.29. The summed E-state index contributed by atoms with van der Waals surface area (Å²) in [5, 5.41) is 6.67. The second-order valence-electron chi connectivity index (χ2n) is 6.92. The molecule has 1 fully saturated rings. The van der Waals surface area contributed by atoms with E-state index in [1.165, 1.54) is 0 Å². The Hall–Kier alpha value is -2.08. The van der Waals surface area contributed by atoms with Crippen LogP contribution < -0.4 is 10.6 Å². The fourth-order valence-corrected chi connectivity index (χ4v) is 3.64. The number of carbonyl (C=O) groups is 2. The van der Waals surface area contributed by atoms with Crippen molar-refractivity contribution in [2.24, 2.45) is 0 Å². The third-order valence-corrected chi connectivity index (χ3v) is 5.86. The molecule has 2 aromatic carbocycles. The molecule has 1 aliphatic heterocycles. The lowest BCUT2D eigenvalue weighted by Gasteiger charge is -2.35. The molecule has 7 heteroatoms. The minimum Gasteiger partial charge on any atom is -0.349 e. The van der Waals surface area contributed by atoms with E-state index in [1.807, 2.05) is 25.1 Å². The van der Waals surface area contributed by atoms with Crippen LogP contribution in [-0.2, 0) is 4.79 Å². The van der Waals surface area contributed by atoms with Crippen LogP contribution in [0.15, 0.2) is 48.5 Å². The Morgan fingerprint density at radius 2 is 1.71 bits per heavy atom. The first kappa shape index (κ1) is 20.6. The molecular formula is C21H23Cl2N3O2. The van der Waals surface area contributed by atoms with E-state index in [0.717, 1.165) is 25.9 Å². The predicted octanol–water partition coefficient (Wildman–Crippen LogP) is 4.21. The van der Waals surface area contributed by atoms with Gasteiger partial charge in [-0.15, -0.1) is 0 Å². The minimum absolute atomic E-state index is 0.0551. The lowest BCUT2D eigenvalue weighted by atomic mass is 10.0. The Balaban J connectivity index is 1.50. The van der Waals surface area contributed by atoms with Crippen LogP contribution in [0.3, 0.4) is 0 Å². The van der Waals surface area contributed by atoms with Gasteiger partial charge in [-0.3, -0.25) is 14.5 Å². The number of nitrogens with zero attached hydrogens (tertiary/aromatic N) is 1. The highest BCUT2D eigenvalue weighted by atomic mass is 35.5. The van der Waals surface area contributed by atoms with E-state index in [-0.39, 0.29) is 23.9 Å². The summed E-state index contributed by atoms with van der Waals surface area (Å²) in [5.74, 6) is -0.184. The Labute approximate surface area is 175 Å². The minimum atomic E-state index is -0.305. The summed E-state index contributed by atoms with van der Waals surface area (Å²) in [4.78, 5) is 27.0. The van der Waals surface area contributed by atoms with Gasteiger partial charge in [0.2, 0.25) is 5.91 Å². The molecule has 0 aromatic heterocycles. The van der Waals surface area contributed by atoms with E-state index >= 15 is 0 Å². The summed E-state index contributed by atoms with van der Waals surface area (Å²) in [5.41, 5.74) is 1.17. The van der Waals surface area contributed by atoms with Gasteiger partial charge in [0.25, 0.3) is 5.91 Å². The number of hydrogen-bond acceptors (Lipinski definition) is 3. The Morgan fingerprint density at radius 3 is 2.39 bits per heavy atom. The number of likely N-dealkylation sites (tertiary alicyclic amines) is 1. The van der Waals surface area contributed by atoms with Gasteiger partial charge in [-0.2, -0.15) is 0 Å². The van der Waals surface area contributed by atoms with Crippen molar-refractivity contribution in [2.45, 2.75) is 31.8 Å². The number of piperidine rings is 1. The summed E-state index contributed by atoms with van der Waals surface area (Å²) >= 11 is 12.1. The molecule has 0 bridgehead atoms. The molecule has 1 heterocycles. The maximum absolute atomic E-state index is 12.6. The zero-order valence-electron chi connectivity index (χ0n) is 15.6. The largest absolute Gasteiger partial charge is 0.349 e. The van der Waals surface area contributed by atoms with E-state index in [2.05, 4.69) is 15.5 Å². The number of hydrogen-bond donors (Lipinski definition) is 2. The summed E-state index contributed by atoms with van der Waals surface area (Å²) in [6.45, 7) is 3.34. The highest BCUT2D eigenvalue weighted by molar-refractivity contribution is 6.44. The molecule has 0 aliphatic carbocycles. The maximum atomic E-state index is 12.6. The molecule has 1 saturated heterocycles. The van der Waals surface area contributed by atoms with Crippen LogP contribution in [0.1, 0.15) is 30.1 Å². The highest BCUT2D eigenvalue weighted by Crippen LogP contribution is 2.29. The molecule has 2 amide bonds. The Kier molecular flexibility index (Phi) is 6.94. The van der Waals surface area contributed by atoms with E-state index in [4.69, 9.17) is 23.2 Å². The van der Waals surface area contributed by atoms with Crippen molar-refractivity contribution in [3.63, 3.8) is 0 Å². The molecule has 1 aliphatic rings. The van der Waals surface area contributed by atoms with Crippen molar-refractivity contribution < 1.29 is 9.59 Å². The van der Waals surface area contributed by atoms with Gasteiger partial charge in [0.1, 0.15) is 0 Å². The van der Waals surface area contributed by atoms with Crippen LogP contribution in [0.2, 0.25) is 10.0 Å². The summed E-state index contributed by atoms with van der Waals surface area (Å²) in [7, 11) is 0. The number of amides is 2. The van der Waals surface area contributed by atoms with Gasteiger partial charge in [0.05, 0.1) is 21.8 Å². The summed E-state index contributed by atoms with van der Waals surface area (Å²) in [6.07, 6.45) is 1.60. The number of benzene rings is 2. The molecule has 0 spiro atoms. The first-order chi connectivity index (χ1) is 13.5. The number of anilines is 1. The highest BCUT2D eigenvalue weighted by Gasteiger charge is 2.27. The molecular weight excluding hydrogens is 397 g/mol. The van der Waals surface area contributed by atoms with Crippen LogP contribution in [0.4, 0.5) is 5.69 Å². The van der Waals surface area contributed by atoms with Crippen molar-refractivity contribution in [3.8, 4) is 0 Å². The third-order valence-electron chi connectivity index (χ3n) is 5.04. The summed E-state index contributed by atoms with van der Waals surface area (Å²) < 4.78 is 0. The second kappa shape index (κ2) is 9.41. The average Bonchev–Trinajstić information content (AvgIpc) is 2.72. The van der Waals surface area contributed by atoms with E-state index in [9.17, 15) is 9.59 Å². The number of nitrogens with one attached hydrogen (secondary N) is 2. The van der Waals surface area contributed by atoms with Crippen LogP contribution in [0.5, 0.6) is 0 Å². The van der Waals surface area contributed by atoms with Crippen molar-refractivity contribution in [3.05, 3.63) is 64.1 Å². The lowest BCUT2D eigenvalue weighted by Crippen LogP contribution is -2.50. The quantitative estimate of drug-likeness (QED) is 0.762. The van der Waals surface area contributed by atoms with E-state index in [1.54, 1.807) is 30.3 Å². The number of halogens is 2.